The SMILES string of the molecule is CCn1c2c(sc1=NC(=O)c1cncnc1)CCc1c-2cnn1C. The van der Waals surface area contributed by atoms with Crippen LogP contribution in [0.5, 0.6) is 0 Å². The van der Waals surface area contributed by atoms with Gasteiger partial charge in [0.1, 0.15) is 6.33 Å². The molecule has 24 heavy (non-hydrogen) atoms. The van der Waals surface area contributed by atoms with Crippen molar-refractivity contribution in [3.63, 3.8) is 0 Å². The molecule has 4 rings (SSSR count). The first-order valence-corrected chi connectivity index (χ1v) is 8.58. The van der Waals surface area contributed by atoms with Gasteiger partial charge in [-0.1, -0.05) is 0 Å². The summed E-state index contributed by atoms with van der Waals surface area (Å²) in [6.07, 6.45) is 8.19. The predicted molar refractivity (Wildman–Crippen MR) is 89.5 cm³/mol. The third-order valence-electron chi connectivity index (χ3n) is 4.21. The highest BCUT2D eigenvalue weighted by Crippen LogP contribution is 2.34. The van der Waals surface area contributed by atoms with Gasteiger partial charge >= 0.3 is 0 Å². The molecular weight excluding hydrogens is 324 g/mol. The molecule has 1 aliphatic rings. The number of rotatable bonds is 2. The number of carbonyl (C=O) groups excluding carboxylic acids is 1. The average Bonchev–Trinajstić information content (AvgIpc) is 3.15. The van der Waals surface area contributed by atoms with E-state index in [-0.39, 0.29) is 5.91 Å². The van der Waals surface area contributed by atoms with Crippen molar-refractivity contribution in [1.82, 2.24) is 24.3 Å². The molecule has 7 nitrogen and oxygen atoms in total. The zero-order valence-corrected chi connectivity index (χ0v) is 14.2. The van der Waals surface area contributed by atoms with Gasteiger partial charge in [-0.15, -0.1) is 11.3 Å². The van der Waals surface area contributed by atoms with E-state index in [4.69, 9.17) is 0 Å². The predicted octanol–water partition coefficient (Wildman–Crippen LogP) is 1.60. The lowest BCUT2D eigenvalue weighted by molar-refractivity contribution is 0.0997. The van der Waals surface area contributed by atoms with Crippen LogP contribution in [0.4, 0.5) is 0 Å². The summed E-state index contributed by atoms with van der Waals surface area (Å²) < 4.78 is 4.03. The lowest BCUT2D eigenvalue weighted by Gasteiger charge is -2.15. The Kier molecular flexibility index (Phi) is 3.61. The minimum atomic E-state index is -0.317. The van der Waals surface area contributed by atoms with Crippen LogP contribution in [0.25, 0.3) is 11.3 Å². The van der Waals surface area contributed by atoms with Crippen LogP contribution in [0.2, 0.25) is 0 Å². The maximum Gasteiger partial charge on any atom is 0.282 e. The Labute approximate surface area is 142 Å². The van der Waals surface area contributed by atoms with Crippen molar-refractivity contribution in [2.24, 2.45) is 12.0 Å². The minimum Gasteiger partial charge on any atom is -0.316 e. The molecule has 1 amide bonds. The molecule has 0 saturated heterocycles. The molecule has 3 heterocycles. The number of hydrogen-bond acceptors (Lipinski definition) is 5. The van der Waals surface area contributed by atoms with Crippen LogP contribution in [0.1, 0.15) is 27.9 Å². The fourth-order valence-electron chi connectivity index (χ4n) is 3.05. The number of fused-ring (bicyclic) bond motifs is 3. The molecule has 0 N–H and O–H groups in total. The second-order valence-electron chi connectivity index (χ2n) is 5.57. The fraction of sp³-hybridized carbons (Fsp3) is 0.312. The molecule has 0 bridgehead atoms. The third-order valence-corrected chi connectivity index (χ3v) is 5.34. The summed E-state index contributed by atoms with van der Waals surface area (Å²) in [5, 5.41) is 4.38. The van der Waals surface area contributed by atoms with Crippen LogP contribution in [-0.2, 0) is 26.4 Å². The van der Waals surface area contributed by atoms with Gasteiger partial charge in [-0.2, -0.15) is 10.1 Å². The maximum atomic E-state index is 12.4. The van der Waals surface area contributed by atoms with E-state index in [9.17, 15) is 4.79 Å². The molecule has 0 unspecified atom stereocenters. The van der Waals surface area contributed by atoms with Crippen LogP contribution in [-0.4, -0.2) is 30.2 Å². The number of thiazole rings is 1. The number of hydrogen-bond donors (Lipinski definition) is 0. The van der Waals surface area contributed by atoms with Crippen LogP contribution in [0, 0.1) is 0 Å². The summed E-state index contributed by atoms with van der Waals surface area (Å²) in [6, 6.07) is 0. The van der Waals surface area contributed by atoms with E-state index in [0.29, 0.717) is 10.4 Å². The van der Waals surface area contributed by atoms with Crippen molar-refractivity contribution in [2.75, 3.05) is 0 Å². The summed E-state index contributed by atoms with van der Waals surface area (Å²) in [5.41, 5.74) is 3.92. The molecule has 0 atom stereocenters. The molecular formula is C16H16N6OS. The first kappa shape index (κ1) is 14.9. The second kappa shape index (κ2) is 5.79. The fourth-order valence-corrected chi connectivity index (χ4v) is 4.25. The van der Waals surface area contributed by atoms with E-state index >= 15 is 0 Å². The zero-order chi connectivity index (χ0) is 16.7. The first-order chi connectivity index (χ1) is 11.7. The smallest absolute Gasteiger partial charge is 0.282 e. The van der Waals surface area contributed by atoms with Crippen LogP contribution < -0.4 is 4.80 Å². The van der Waals surface area contributed by atoms with E-state index in [2.05, 4.69) is 31.5 Å². The summed E-state index contributed by atoms with van der Waals surface area (Å²) >= 11 is 1.58. The molecule has 0 aromatic carbocycles. The standard InChI is InChI=1S/C16H16N6OS/c1-3-22-14-11-8-19-21(2)12(11)4-5-13(14)24-16(22)20-15(23)10-6-17-9-18-7-10/h6-9H,3-5H2,1-2H3. The van der Waals surface area contributed by atoms with Crippen LogP contribution in [0.3, 0.4) is 0 Å². The largest absolute Gasteiger partial charge is 0.316 e. The number of nitrogens with zero attached hydrogens (tertiary/aromatic N) is 6. The van der Waals surface area contributed by atoms with E-state index in [0.717, 1.165) is 30.6 Å². The number of carbonyl (C=O) groups is 1. The number of amides is 1. The van der Waals surface area contributed by atoms with Crippen molar-refractivity contribution in [3.05, 3.63) is 45.9 Å². The Morgan fingerprint density at radius 3 is 2.83 bits per heavy atom. The molecule has 1 aliphatic carbocycles. The van der Waals surface area contributed by atoms with Gasteiger partial charge in [0.15, 0.2) is 4.80 Å². The molecule has 3 aromatic rings. The molecule has 0 saturated carbocycles. The molecule has 0 spiro atoms. The van der Waals surface area contributed by atoms with Crippen molar-refractivity contribution in [2.45, 2.75) is 26.3 Å². The highest BCUT2D eigenvalue weighted by molar-refractivity contribution is 7.09. The van der Waals surface area contributed by atoms with Crippen molar-refractivity contribution < 1.29 is 4.79 Å². The van der Waals surface area contributed by atoms with E-state index in [1.165, 1.54) is 29.3 Å². The average molecular weight is 340 g/mol. The van der Waals surface area contributed by atoms with Gasteiger partial charge < -0.3 is 4.57 Å². The molecule has 0 aliphatic heterocycles. The van der Waals surface area contributed by atoms with E-state index < -0.39 is 0 Å². The molecule has 3 aromatic heterocycles. The van der Waals surface area contributed by atoms with Gasteiger partial charge in [0.05, 0.1) is 17.5 Å². The Hall–Kier alpha value is -2.61. The minimum absolute atomic E-state index is 0.317. The normalized spacial score (nSPS) is 13.7. The van der Waals surface area contributed by atoms with Gasteiger partial charge in [-0.05, 0) is 19.8 Å². The number of aromatic nitrogens is 5. The van der Waals surface area contributed by atoms with Crippen LogP contribution in [0.15, 0.2) is 29.9 Å². The van der Waals surface area contributed by atoms with Gasteiger partial charge in [0.25, 0.3) is 5.91 Å². The van der Waals surface area contributed by atoms with Crippen LogP contribution >= 0.6 is 11.3 Å². The Balaban J connectivity index is 1.86. The molecule has 8 heteroatoms. The Morgan fingerprint density at radius 2 is 2.08 bits per heavy atom. The lowest BCUT2D eigenvalue weighted by atomic mass is 10.00. The second-order valence-corrected chi connectivity index (χ2v) is 6.64. The van der Waals surface area contributed by atoms with Crippen molar-refractivity contribution >= 4 is 17.2 Å². The third kappa shape index (κ3) is 2.30. The van der Waals surface area contributed by atoms with Gasteiger partial charge in [0.2, 0.25) is 0 Å². The van der Waals surface area contributed by atoms with E-state index in [1.807, 2.05) is 17.9 Å². The molecule has 0 fully saturated rings. The molecule has 122 valence electrons. The zero-order valence-electron chi connectivity index (χ0n) is 13.4. The van der Waals surface area contributed by atoms with Gasteiger partial charge in [0, 0.05) is 42.1 Å². The highest BCUT2D eigenvalue weighted by atomic mass is 32.1. The maximum absolute atomic E-state index is 12.4. The summed E-state index contributed by atoms with van der Waals surface area (Å²) in [4.78, 5) is 26.4. The summed E-state index contributed by atoms with van der Waals surface area (Å²) in [5.74, 6) is -0.317. The molecule has 0 radical (unpaired) electrons. The summed E-state index contributed by atoms with van der Waals surface area (Å²) in [6.45, 7) is 2.81. The Morgan fingerprint density at radius 1 is 1.29 bits per heavy atom. The van der Waals surface area contributed by atoms with Gasteiger partial charge in [-0.25, -0.2) is 9.97 Å². The highest BCUT2D eigenvalue weighted by Gasteiger charge is 2.25. The number of aryl methyl sites for hydroxylation is 2. The topological polar surface area (TPSA) is 78.0 Å². The summed E-state index contributed by atoms with van der Waals surface area (Å²) in [7, 11) is 1.97. The van der Waals surface area contributed by atoms with Crippen molar-refractivity contribution in [1.29, 1.82) is 0 Å². The van der Waals surface area contributed by atoms with E-state index in [1.54, 1.807) is 11.3 Å². The quantitative estimate of drug-likeness (QED) is 0.710. The van der Waals surface area contributed by atoms with Crippen molar-refractivity contribution in [3.8, 4) is 11.3 Å². The van der Waals surface area contributed by atoms with Gasteiger partial charge in [-0.3, -0.25) is 9.48 Å². The first-order valence-electron chi connectivity index (χ1n) is 7.77. The lowest BCUT2D eigenvalue weighted by Crippen LogP contribution is -2.18. The monoisotopic (exact) mass is 340 g/mol. The Bertz CT molecular complexity index is 982.